The maximum atomic E-state index is 12.8. The molecule has 1 saturated carbocycles. The molecule has 5 heteroatoms. The molecule has 1 aromatic rings. The molecule has 0 aromatic carbocycles. The van der Waals surface area contributed by atoms with Crippen molar-refractivity contribution in [1.29, 1.82) is 0 Å². The van der Waals surface area contributed by atoms with Crippen LogP contribution in [-0.2, 0) is 4.79 Å². The number of thiophene rings is 1. The first kappa shape index (κ1) is 14.7. The Bertz CT molecular complexity index is 599. The van der Waals surface area contributed by atoms with Crippen LogP contribution in [0.25, 0.3) is 6.08 Å². The minimum atomic E-state index is 0.0699. The Morgan fingerprint density at radius 3 is 2.62 bits per heavy atom. The SMILES string of the molecule is Cc1ccc(/C=C2/C(=O)N(C3CCCCC3)C(=S)N2C)s1. The van der Waals surface area contributed by atoms with Crippen molar-refractivity contribution in [1.82, 2.24) is 9.80 Å². The molecule has 1 aromatic heterocycles. The van der Waals surface area contributed by atoms with Crippen LogP contribution in [0.4, 0.5) is 0 Å². The normalized spacial score (nSPS) is 22.7. The quantitative estimate of drug-likeness (QED) is 0.612. The van der Waals surface area contributed by atoms with Crippen LogP contribution in [0.5, 0.6) is 0 Å². The summed E-state index contributed by atoms with van der Waals surface area (Å²) in [5.74, 6) is 0.0699. The molecule has 0 radical (unpaired) electrons. The van der Waals surface area contributed by atoms with Gasteiger partial charge in [0, 0.05) is 22.8 Å². The molecule has 1 saturated heterocycles. The molecule has 0 atom stereocenters. The average Bonchev–Trinajstić information content (AvgIpc) is 2.98. The predicted octanol–water partition coefficient (Wildman–Crippen LogP) is 3.79. The summed E-state index contributed by atoms with van der Waals surface area (Å²) in [6.45, 7) is 2.08. The summed E-state index contributed by atoms with van der Waals surface area (Å²) in [5, 5.41) is 0.659. The van der Waals surface area contributed by atoms with E-state index in [0.717, 1.165) is 17.7 Å². The number of hydrogen-bond donors (Lipinski definition) is 0. The summed E-state index contributed by atoms with van der Waals surface area (Å²) in [4.78, 5) is 18.8. The zero-order valence-corrected chi connectivity index (χ0v) is 14.1. The van der Waals surface area contributed by atoms with Gasteiger partial charge in [-0.1, -0.05) is 19.3 Å². The summed E-state index contributed by atoms with van der Waals surface area (Å²) in [6.07, 6.45) is 7.79. The van der Waals surface area contributed by atoms with Crippen molar-refractivity contribution in [3.8, 4) is 0 Å². The van der Waals surface area contributed by atoms with E-state index in [0.29, 0.717) is 10.8 Å². The minimum Gasteiger partial charge on any atom is -0.317 e. The molecule has 1 amide bonds. The fourth-order valence-corrected chi connectivity index (χ4v) is 4.25. The topological polar surface area (TPSA) is 23.6 Å². The van der Waals surface area contributed by atoms with E-state index in [1.807, 2.05) is 22.9 Å². The molecule has 0 bridgehead atoms. The van der Waals surface area contributed by atoms with Gasteiger partial charge in [0.05, 0.1) is 0 Å². The molecule has 0 spiro atoms. The van der Waals surface area contributed by atoms with Gasteiger partial charge in [-0.3, -0.25) is 9.69 Å². The van der Waals surface area contributed by atoms with E-state index in [1.165, 1.54) is 24.1 Å². The van der Waals surface area contributed by atoms with Crippen molar-refractivity contribution in [2.75, 3.05) is 7.05 Å². The second-order valence-electron chi connectivity index (χ2n) is 5.79. The number of nitrogens with zero attached hydrogens (tertiary/aromatic N) is 2. The number of rotatable bonds is 2. The van der Waals surface area contributed by atoms with Crippen LogP contribution in [0.15, 0.2) is 17.8 Å². The van der Waals surface area contributed by atoms with Gasteiger partial charge < -0.3 is 4.90 Å². The van der Waals surface area contributed by atoms with E-state index in [9.17, 15) is 4.79 Å². The monoisotopic (exact) mass is 320 g/mol. The molecule has 2 fully saturated rings. The first-order valence-corrected chi connectivity index (χ1v) is 8.70. The Labute approximate surface area is 135 Å². The number of carbonyl (C=O) groups excluding carboxylic acids is 1. The van der Waals surface area contributed by atoms with Crippen LogP contribution in [0.1, 0.15) is 41.9 Å². The predicted molar refractivity (Wildman–Crippen MR) is 91.1 cm³/mol. The average molecular weight is 320 g/mol. The van der Waals surface area contributed by atoms with Crippen molar-refractivity contribution in [2.45, 2.75) is 45.1 Å². The van der Waals surface area contributed by atoms with Crippen LogP contribution < -0.4 is 0 Å². The molecule has 21 heavy (non-hydrogen) atoms. The number of thiocarbonyl (C=S) groups is 1. The first-order chi connectivity index (χ1) is 10.1. The maximum Gasteiger partial charge on any atom is 0.277 e. The summed E-state index contributed by atoms with van der Waals surface area (Å²) < 4.78 is 0. The van der Waals surface area contributed by atoms with E-state index >= 15 is 0 Å². The zero-order valence-electron chi connectivity index (χ0n) is 12.5. The summed E-state index contributed by atoms with van der Waals surface area (Å²) in [6, 6.07) is 4.42. The third kappa shape index (κ3) is 2.77. The number of hydrogen-bond acceptors (Lipinski definition) is 3. The Hall–Kier alpha value is -1.20. The minimum absolute atomic E-state index is 0.0699. The van der Waals surface area contributed by atoms with Crippen molar-refractivity contribution >= 4 is 40.7 Å². The number of carbonyl (C=O) groups is 1. The second kappa shape index (κ2) is 5.89. The smallest absolute Gasteiger partial charge is 0.277 e. The van der Waals surface area contributed by atoms with E-state index < -0.39 is 0 Å². The van der Waals surface area contributed by atoms with E-state index in [4.69, 9.17) is 12.2 Å². The molecule has 1 aliphatic heterocycles. The van der Waals surface area contributed by atoms with Crippen molar-refractivity contribution in [2.24, 2.45) is 0 Å². The summed E-state index contributed by atoms with van der Waals surface area (Å²) in [7, 11) is 1.90. The van der Waals surface area contributed by atoms with E-state index in [1.54, 1.807) is 11.3 Å². The lowest BCUT2D eigenvalue weighted by atomic mass is 9.94. The Kier molecular flexibility index (Phi) is 4.13. The van der Waals surface area contributed by atoms with Crippen molar-refractivity contribution in [3.05, 3.63) is 27.6 Å². The molecule has 0 unspecified atom stereocenters. The fraction of sp³-hybridized carbons (Fsp3) is 0.500. The van der Waals surface area contributed by atoms with Crippen LogP contribution in [-0.4, -0.2) is 33.9 Å². The molecule has 3 nitrogen and oxygen atoms in total. The van der Waals surface area contributed by atoms with Gasteiger partial charge in [-0.15, -0.1) is 11.3 Å². The highest BCUT2D eigenvalue weighted by Crippen LogP contribution is 2.31. The Morgan fingerprint density at radius 2 is 2.00 bits per heavy atom. The fourth-order valence-electron chi connectivity index (χ4n) is 3.10. The molecule has 112 valence electrons. The zero-order chi connectivity index (χ0) is 15.0. The summed E-state index contributed by atoms with van der Waals surface area (Å²) >= 11 is 7.21. The highest BCUT2D eigenvalue weighted by Gasteiger charge is 2.40. The third-order valence-corrected chi connectivity index (χ3v) is 5.69. The molecule has 3 rings (SSSR count). The van der Waals surface area contributed by atoms with E-state index in [-0.39, 0.29) is 11.9 Å². The molecular weight excluding hydrogens is 300 g/mol. The highest BCUT2D eigenvalue weighted by atomic mass is 32.1. The maximum absolute atomic E-state index is 12.8. The Morgan fingerprint density at radius 1 is 1.29 bits per heavy atom. The van der Waals surface area contributed by atoms with Crippen LogP contribution in [0, 0.1) is 6.92 Å². The lowest BCUT2D eigenvalue weighted by Gasteiger charge is -2.30. The van der Waals surface area contributed by atoms with Gasteiger partial charge in [0.25, 0.3) is 5.91 Å². The van der Waals surface area contributed by atoms with Gasteiger partial charge in [-0.25, -0.2) is 0 Å². The van der Waals surface area contributed by atoms with Gasteiger partial charge >= 0.3 is 0 Å². The van der Waals surface area contributed by atoms with Crippen LogP contribution >= 0.6 is 23.6 Å². The molecule has 2 aliphatic rings. The summed E-state index contributed by atoms with van der Waals surface area (Å²) in [5.41, 5.74) is 0.701. The second-order valence-corrected chi connectivity index (χ2v) is 7.47. The van der Waals surface area contributed by atoms with Gasteiger partial charge in [0.15, 0.2) is 5.11 Å². The highest BCUT2D eigenvalue weighted by molar-refractivity contribution is 7.80. The molecule has 1 aliphatic carbocycles. The molecule has 2 heterocycles. The molecule has 0 N–H and O–H groups in total. The lowest BCUT2D eigenvalue weighted by Crippen LogP contribution is -2.41. The lowest BCUT2D eigenvalue weighted by molar-refractivity contribution is -0.124. The van der Waals surface area contributed by atoms with Gasteiger partial charge in [0.1, 0.15) is 5.70 Å². The third-order valence-electron chi connectivity index (χ3n) is 4.27. The van der Waals surface area contributed by atoms with Crippen LogP contribution in [0.3, 0.4) is 0 Å². The van der Waals surface area contributed by atoms with Gasteiger partial charge in [-0.2, -0.15) is 0 Å². The standard InChI is InChI=1S/C16H20N2OS2/c1-11-8-9-13(21-11)10-14-15(19)18(16(20)17(14)2)12-6-4-3-5-7-12/h8-10,12H,3-7H2,1-2H3/b14-10-. The van der Waals surface area contributed by atoms with Crippen molar-refractivity contribution in [3.63, 3.8) is 0 Å². The van der Waals surface area contributed by atoms with Gasteiger partial charge in [0.2, 0.25) is 0 Å². The Balaban J connectivity index is 1.88. The van der Waals surface area contributed by atoms with E-state index in [2.05, 4.69) is 19.1 Å². The number of amides is 1. The molecular formula is C16H20N2OS2. The van der Waals surface area contributed by atoms with Crippen LogP contribution in [0.2, 0.25) is 0 Å². The largest absolute Gasteiger partial charge is 0.317 e. The number of likely N-dealkylation sites (N-methyl/N-ethyl adjacent to an activating group) is 1. The first-order valence-electron chi connectivity index (χ1n) is 7.47. The van der Waals surface area contributed by atoms with Gasteiger partial charge in [-0.05, 0) is 50.2 Å². The number of aryl methyl sites for hydroxylation is 1. The van der Waals surface area contributed by atoms with Crippen molar-refractivity contribution < 1.29 is 4.79 Å².